The fourth-order valence-electron chi connectivity index (χ4n) is 0.310. The maximum atomic E-state index is 10.4. The normalized spacial score (nSPS) is 7.60. The second kappa shape index (κ2) is 11.7. The van der Waals surface area contributed by atoms with Crippen LogP contribution >= 0.6 is 15.9 Å². The van der Waals surface area contributed by atoms with E-state index in [2.05, 4.69) is 20.7 Å². The van der Waals surface area contributed by atoms with Gasteiger partial charge in [-0.2, -0.15) is 0 Å². The van der Waals surface area contributed by atoms with Gasteiger partial charge >= 0.3 is 5.97 Å². The van der Waals surface area contributed by atoms with Gasteiger partial charge in [0, 0.05) is 5.33 Å². The third-order valence-electron chi connectivity index (χ3n) is 0.604. The maximum Gasteiger partial charge on any atom is 0.306 e. The van der Waals surface area contributed by atoms with E-state index in [1.54, 1.807) is 6.92 Å². The third kappa shape index (κ3) is 10.8. The Balaban J connectivity index is 0. The van der Waals surface area contributed by atoms with Gasteiger partial charge in [0.1, 0.15) is 0 Å². The van der Waals surface area contributed by atoms with Gasteiger partial charge in [-0.25, -0.2) is 0 Å². The molecule has 0 saturated heterocycles. The molecule has 0 aromatic rings. The highest BCUT2D eigenvalue weighted by molar-refractivity contribution is 9.09. The first-order chi connectivity index (χ1) is 4.81. The standard InChI is InChI=1S/C5H9BrO2.C2H6/c1-2-8-5(7)3-4-6;1-2/h2-4H2,1H3;1-2H3. The van der Waals surface area contributed by atoms with Crippen molar-refractivity contribution in [3.63, 3.8) is 0 Å². The number of carbonyl (C=O) groups is 1. The second-order valence-electron chi connectivity index (χ2n) is 1.24. The summed E-state index contributed by atoms with van der Waals surface area (Å²) in [5, 5.41) is 0.686. The summed E-state index contributed by atoms with van der Waals surface area (Å²) in [5.74, 6) is -0.135. The van der Waals surface area contributed by atoms with Crippen molar-refractivity contribution in [1.29, 1.82) is 0 Å². The van der Waals surface area contributed by atoms with E-state index in [1.807, 2.05) is 13.8 Å². The first-order valence-electron chi connectivity index (χ1n) is 3.52. The van der Waals surface area contributed by atoms with Crippen molar-refractivity contribution in [1.82, 2.24) is 0 Å². The van der Waals surface area contributed by atoms with Gasteiger partial charge in [-0.15, -0.1) is 0 Å². The smallest absolute Gasteiger partial charge is 0.306 e. The lowest BCUT2D eigenvalue weighted by atomic mass is 10.5. The van der Waals surface area contributed by atoms with E-state index in [9.17, 15) is 4.79 Å². The molecule has 3 heteroatoms. The van der Waals surface area contributed by atoms with Crippen LogP contribution in [0.2, 0.25) is 0 Å². The van der Waals surface area contributed by atoms with E-state index in [4.69, 9.17) is 0 Å². The molecule has 0 aromatic heterocycles. The van der Waals surface area contributed by atoms with Crippen LogP contribution in [0.5, 0.6) is 0 Å². The second-order valence-corrected chi connectivity index (χ2v) is 2.04. The largest absolute Gasteiger partial charge is 0.466 e. The monoisotopic (exact) mass is 210 g/mol. The molecule has 0 aliphatic rings. The Labute approximate surface area is 71.1 Å². The van der Waals surface area contributed by atoms with Gasteiger partial charge in [0.25, 0.3) is 0 Å². The van der Waals surface area contributed by atoms with E-state index in [0.717, 1.165) is 0 Å². The van der Waals surface area contributed by atoms with Crippen LogP contribution in [0.1, 0.15) is 27.2 Å². The SMILES string of the molecule is CC.CCOC(=O)CCBr. The van der Waals surface area contributed by atoms with E-state index >= 15 is 0 Å². The van der Waals surface area contributed by atoms with Crippen molar-refractivity contribution < 1.29 is 9.53 Å². The molecule has 0 aromatic carbocycles. The first-order valence-corrected chi connectivity index (χ1v) is 4.65. The van der Waals surface area contributed by atoms with Crippen LogP contribution in [0.3, 0.4) is 0 Å². The highest BCUT2D eigenvalue weighted by Gasteiger charge is 1.96. The van der Waals surface area contributed by atoms with Crippen LogP contribution in [-0.2, 0) is 9.53 Å². The molecule has 0 rings (SSSR count). The molecule has 0 spiro atoms. The Morgan fingerprint density at radius 1 is 1.50 bits per heavy atom. The summed E-state index contributed by atoms with van der Waals surface area (Å²) in [4.78, 5) is 10.4. The number of alkyl halides is 1. The minimum absolute atomic E-state index is 0.135. The molecule has 0 aliphatic heterocycles. The fourth-order valence-corrected chi connectivity index (χ4v) is 0.634. The Bertz CT molecular complexity index is 66.0. The zero-order valence-electron chi connectivity index (χ0n) is 6.82. The number of hydrogen-bond acceptors (Lipinski definition) is 2. The summed E-state index contributed by atoms with van der Waals surface area (Å²) in [6.45, 7) is 6.28. The van der Waals surface area contributed by atoms with E-state index in [0.29, 0.717) is 18.4 Å². The van der Waals surface area contributed by atoms with Crippen molar-refractivity contribution in [2.24, 2.45) is 0 Å². The molecule has 0 amide bonds. The summed E-state index contributed by atoms with van der Waals surface area (Å²) in [7, 11) is 0. The van der Waals surface area contributed by atoms with Crippen molar-refractivity contribution >= 4 is 21.9 Å². The maximum absolute atomic E-state index is 10.4. The summed E-state index contributed by atoms with van der Waals surface area (Å²) in [6, 6.07) is 0. The van der Waals surface area contributed by atoms with Crippen LogP contribution in [0.15, 0.2) is 0 Å². The lowest BCUT2D eigenvalue weighted by molar-refractivity contribution is -0.142. The van der Waals surface area contributed by atoms with Gasteiger partial charge in [0.05, 0.1) is 13.0 Å². The van der Waals surface area contributed by atoms with Crippen LogP contribution in [0.25, 0.3) is 0 Å². The van der Waals surface area contributed by atoms with E-state index in [-0.39, 0.29) is 5.97 Å². The van der Waals surface area contributed by atoms with Crippen molar-refractivity contribution in [2.45, 2.75) is 27.2 Å². The fraction of sp³-hybridized carbons (Fsp3) is 0.857. The Morgan fingerprint density at radius 2 is 2.00 bits per heavy atom. The molecule has 2 nitrogen and oxygen atoms in total. The number of ether oxygens (including phenoxy) is 1. The van der Waals surface area contributed by atoms with Crippen LogP contribution < -0.4 is 0 Å². The van der Waals surface area contributed by atoms with Crippen molar-refractivity contribution in [3.8, 4) is 0 Å². The predicted octanol–water partition coefficient (Wildman–Crippen LogP) is 2.36. The molecule has 0 saturated carbocycles. The Kier molecular flexibility index (Phi) is 14.8. The molecule has 0 unspecified atom stereocenters. The first kappa shape index (κ1) is 12.6. The van der Waals surface area contributed by atoms with Gasteiger partial charge in [0.2, 0.25) is 0 Å². The molecule has 0 fully saturated rings. The average molecular weight is 211 g/mol. The predicted molar refractivity (Wildman–Crippen MR) is 46.4 cm³/mol. The molecule has 0 heterocycles. The lowest BCUT2D eigenvalue weighted by Gasteiger charge is -1.95. The van der Waals surface area contributed by atoms with E-state index in [1.165, 1.54) is 0 Å². The topological polar surface area (TPSA) is 26.3 Å². The average Bonchev–Trinajstić information content (AvgIpc) is 1.93. The molecule has 0 N–H and O–H groups in total. The lowest BCUT2D eigenvalue weighted by Crippen LogP contribution is -2.03. The highest BCUT2D eigenvalue weighted by atomic mass is 79.9. The quantitative estimate of drug-likeness (QED) is 0.529. The van der Waals surface area contributed by atoms with Gasteiger partial charge in [-0.1, -0.05) is 29.8 Å². The van der Waals surface area contributed by atoms with Gasteiger partial charge in [-0.05, 0) is 6.92 Å². The number of rotatable bonds is 3. The number of carbonyl (C=O) groups excluding carboxylic acids is 1. The molecule has 62 valence electrons. The Hall–Kier alpha value is -0.0500. The molecule has 0 radical (unpaired) electrons. The van der Waals surface area contributed by atoms with Crippen LogP contribution in [-0.4, -0.2) is 17.9 Å². The summed E-state index contributed by atoms with van der Waals surface area (Å²) >= 11 is 3.12. The summed E-state index contributed by atoms with van der Waals surface area (Å²) < 4.78 is 4.61. The number of esters is 1. The zero-order chi connectivity index (χ0) is 8.41. The van der Waals surface area contributed by atoms with Crippen molar-refractivity contribution in [2.75, 3.05) is 11.9 Å². The third-order valence-corrected chi connectivity index (χ3v) is 1.00. The summed E-state index contributed by atoms with van der Waals surface area (Å²) in [6.07, 6.45) is 0.466. The van der Waals surface area contributed by atoms with Crippen LogP contribution in [0, 0.1) is 0 Å². The molecule has 0 aliphatic carbocycles. The van der Waals surface area contributed by atoms with Gasteiger partial charge in [-0.3, -0.25) is 4.79 Å². The van der Waals surface area contributed by atoms with Gasteiger partial charge < -0.3 is 4.74 Å². The minimum atomic E-state index is -0.135. The van der Waals surface area contributed by atoms with Crippen molar-refractivity contribution in [3.05, 3.63) is 0 Å². The van der Waals surface area contributed by atoms with Gasteiger partial charge in [0.15, 0.2) is 0 Å². The molecule has 0 atom stereocenters. The molecular formula is C7H15BrO2. The number of halogens is 1. The molecule has 0 bridgehead atoms. The number of hydrogen-bond donors (Lipinski definition) is 0. The molecular weight excluding hydrogens is 196 g/mol. The van der Waals surface area contributed by atoms with E-state index < -0.39 is 0 Å². The Morgan fingerprint density at radius 3 is 2.30 bits per heavy atom. The summed E-state index contributed by atoms with van der Waals surface area (Å²) in [5.41, 5.74) is 0. The van der Waals surface area contributed by atoms with Crippen LogP contribution in [0.4, 0.5) is 0 Å². The zero-order valence-corrected chi connectivity index (χ0v) is 8.40. The minimum Gasteiger partial charge on any atom is -0.466 e. The highest BCUT2D eigenvalue weighted by Crippen LogP contribution is 1.89. The molecule has 10 heavy (non-hydrogen) atoms.